The second kappa shape index (κ2) is 10.8. The molecule has 180 valence electrons. The Morgan fingerprint density at radius 1 is 1.18 bits per heavy atom. The zero-order valence-corrected chi connectivity index (χ0v) is 21.5. The Kier molecular flexibility index (Phi) is 8.34. The molecule has 1 aromatic rings. The molecule has 1 fully saturated rings. The molecule has 4 rings (SSSR count). The average molecular weight is 523 g/mol. The number of hydrogen-bond acceptors (Lipinski definition) is 4. The molecule has 3 heterocycles. The van der Waals surface area contributed by atoms with Crippen molar-refractivity contribution >= 4 is 21.8 Å². The molecule has 0 saturated carbocycles. The standard InChI is InChI=1S/C23H27BrF2N4O.C2H6/c1-28(2)23(31)15-10-19(25)21(20(26)11-15)14-5-8-30(9-6-14)13-16-12-17-18(24)4-7-27-22(17)29(16)3;1-2/h4,7,10-12,14,22,27H,5-6,8-9,13H2,1-3H3;1-2H3. The smallest absolute Gasteiger partial charge is 0.253 e. The van der Waals surface area contributed by atoms with Crippen LogP contribution in [0.5, 0.6) is 0 Å². The molecule has 3 aliphatic heterocycles. The summed E-state index contributed by atoms with van der Waals surface area (Å²) in [6, 6.07) is 2.33. The molecule has 0 bridgehead atoms. The van der Waals surface area contributed by atoms with Gasteiger partial charge in [-0.1, -0.05) is 29.8 Å². The number of hydrogen-bond donors (Lipinski definition) is 1. The van der Waals surface area contributed by atoms with Crippen molar-refractivity contribution < 1.29 is 13.6 Å². The molecule has 1 unspecified atom stereocenters. The number of allylic oxidation sites excluding steroid dienone is 2. The normalized spacial score (nSPS) is 20.7. The number of nitrogens with zero attached hydrogens (tertiary/aromatic N) is 3. The number of amides is 1. The molecule has 0 aromatic heterocycles. The second-order valence-corrected chi connectivity index (χ2v) is 9.41. The number of rotatable bonds is 4. The summed E-state index contributed by atoms with van der Waals surface area (Å²) in [5.74, 6) is -1.83. The van der Waals surface area contributed by atoms with Crippen LogP contribution in [0.25, 0.3) is 0 Å². The molecule has 1 saturated heterocycles. The summed E-state index contributed by atoms with van der Waals surface area (Å²) in [5.41, 5.74) is 2.59. The minimum atomic E-state index is -0.624. The molecule has 5 nitrogen and oxygen atoms in total. The Bertz CT molecular complexity index is 958. The Labute approximate surface area is 203 Å². The van der Waals surface area contributed by atoms with Crippen LogP contribution in [-0.2, 0) is 0 Å². The highest BCUT2D eigenvalue weighted by atomic mass is 79.9. The van der Waals surface area contributed by atoms with Crippen LogP contribution >= 0.6 is 15.9 Å². The van der Waals surface area contributed by atoms with E-state index in [1.54, 1.807) is 14.1 Å². The molecule has 33 heavy (non-hydrogen) atoms. The lowest BCUT2D eigenvalue weighted by molar-refractivity contribution is 0.0826. The van der Waals surface area contributed by atoms with Gasteiger partial charge in [-0.05, 0) is 62.3 Å². The van der Waals surface area contributed by atoms with E-state index in [0.29, 0.717) is 12.8 Å². The van der Waals surface area contributed by atoms with Crippen LogP contribution < -0.4 is 5.32 Å². The number of carbonyl (C=O) groups excluding carboxylic acids is 1. The second-order valence-electron chi connectivity index (χ2n) is 8.56. The van der Waals surface area contributed by atoms with Crippen LogP contribution in [0.3, 0.4) is 0 Å². The molecule has 3 aliphatic rings. The van der Waals surface area contributed by atoms with Crippen molar-refractivity contribution in [3.8, 4) is 0 Å². The largest absolute Gasteiger partial charge is 0.367 e. The van der Waals surface area contributed by atoms with Gasteiger partial charge in [0.1, 0.15) is 17.8 Å². The van der Waals surface area contributed by atoms with Crippen LogP contribution in [0.15, 0.2) is 46.2 Å². The summed E-state index contributed by atoms with van der Waals surface area (Å²) in [6.07, 6.45) is 7.65. The van der Waals surface area contributed by atoms with Crippen molar-refractivity contribution in [2.75, 3.05) is 40.8 Å². The van der Waals surface area contributed by atoms with Crippen LogP contribution in [-0.4, -0.2) is 67.5 Å². The first-order chi connectivity index (χ1) is 15.8. The van der Waals surface area contributed by atoms with Gasteiger partial charge in [0.25, 0.3) is 5.91 Å². The highest BCUT2D eigenvalue weighted by Gasteiger charge is 2.32. The summed E-state index contributed by atoms with van der Waals surface area (Å²) in [6.45, 7) is 6.33. The van der Waals surface area contributed by atoms with Gasteiger partial charge in [-0.25, -0.2) is 8.78 Å². The Hall–Kier alpha value is -2.19. The van der Waals surface area contributed by atoms with Crippen molar-refractivity contribution in [3.63, 3.8) is 0 Å². The van der Waals surface area contributed by atoms with Crippen LogP contribution in [0.4, 0.5) is 8.78 Å². The first-order valence-electron chi connectivity index (χ1n) is 11.4. The lowest BCUT2D eigenvalue weighted by atomic mass is 9.88. The first kappa shape index (κ1) is 25.4. The lowest BCUT2D eigenvalue weighted by Crippen LogP contribution is -2.42. The van der Waals surface area contributed by atoms with Gasteiger partial charge in [0.2, 0.25) is 0 Å². The summed E-state index contributed by atoms with van der Waals surface area (Å²) in [4.78, 5) is 17.9. The number of halogens is 3. The summed E-state index contributed by atoms with van der Waals surface area (Å²) in [7, 11) is 5.20. The Balaban J connectivity index is 0.00000149. The fraction of sp³-hybridized carbons (Fsp3) is 0.480. The molecule has 1 amide bonds. The van der Waals surface area contributed by atoms with E-state index in [1.165, 1.54) is 28.3 Å². The van der Waals surface area contributed by atoms with Crippen LogP contribution in [0.1, 0.15) is 48.5 Å². The van der Waals surface area contributed by atoms with Crippen molar-refractivity contribution in [1.29, 1.82) is 0 Å². The SMILES string of the molecule is CC.CN(C)C(=O)c1cc(F)c(C2CCN(CC3=CC4=C(Br)C=CNC4N3C)CC2)c(F)c1. The number of benzene rings is 1. The number of likely N-dealkylation sites (N-methyl/N-ethyl adjacent to an activating group) is 1. The van der Waals surface area contributed by atoms with E-state index in [0.717, 1.165) is 24.1 Å². The molecular formula is C25H33BrF2N4O. The number of piperidine rings is 1. The number of dihydropyridines is 1. The molecule has 0 radical (unpaired) electrons. The Morgan fingerprint density at radius 2 is 1.79 bits per heavy atom. The maximum absolute atomic E-state index is 14.7. The molecule has 1 aromatic carbocycles. The van der Waals surface area contributed by atoms with Gasteiger partial charge >= 0.3 is 0 Å². The third-order valence-corrected chi connectivity index (χ3v) is 7.05. The highest BCUT2D eigenvalue weighted by Crippen LogP contribution is 2.35. The molecule has 1 N–H and O–H groups in total. The quantitative estimate of drug-likeness (QED) is 0.616. The maximum Gasteiger partial charge on any atom is 0.253 e. The van der Waals surface area contributed by atoms with Gasteiger partial charge in [-0.2, -0.15) is 0 Å². The van der Waals surface area contributed by atoms with E-state index < -0.39 is 17.5 Å². The van der Waals surface area contributed by atoms with Crippen molar-refractivity contribution in [2.45, 2.75) is 38.8 Å². The van der Waals surface area contributed by atoms with E-state index >= 15 is 0 Å². The number of nitrogens with one attached hydrogen (secondary N) is 1. The predicted molar refractivity (Wildman–Crippen MR) is 132 cm³/mol. The number of fused-ring (bicyclic) bond motifs is 1. The molecule has 0 spiro atoms. The minimum Gasteiger partial charge on any atom is -0.367 e. The molecule has 8 heteroatoms. The van der Waals surface area contributed by atoms with Gasteiger partial charge in [-0.15, -0.1) is 0 Å². The van der Waals surface area contributed by atoms with Gasteiger partial charge in [-0.3, -0.25) is 9.69 Å². The van der Waals surface area contributed by atoms with E-state index in [4.69, 9.17) is 0 Å². The lowest BCUT2D eigenvalue weighted by Gasteiger charge is -2.35. The predicted octanol–water partition coefficient (Wildman–Crippen LogP) is 4.79. The van der Waals surface area contributed by atoms with Crippen molar-refractivity contribution in [3.05, 3.63) is 69.0 Å². The summed E-state index contributed by atoms with van der Waals surface area (Å²) < 4.78 is 30.6. The zero-order valence-electron chi connectivity index (χ0n) is 20.0. The Morgan fingerprint density at radius 3 is 2.33 bits per heavy atom. The molecule has 0 aliphatic carbocycles. The van der Waals surface area contributed by atoms with E-state index in [1.807, 2.05) is 26.1 Å². The summed E-state index contributed by atoms with van der Waals surface area (Å²) in [5, 5.41) is 3.37. The molecular weight excluding hydrogens is 490 g/mol. The number of likely N-dealkylation sites (tertiary alicyclic amines) is 1. The van der Waals surface area contributed by atoms with Crippen molar-refractivity contribution in [2.24, 2.45) is 0 Å². The van der Waals surface area contributed by atoms with Gasteiger partial charge in [0, 0.05) is 54.6 Å². The third kappa shape index (κ3) is 5.32. The van der Waals surface area contributed by atoms with Crippen molar-refractivity contribution in [1.82, 2.24) is 20.0 Å². The molecule has 1 atom stereocenters. The van der Waals surface area contributed by atoms with E-state index in [-0.39, 0.29) is 23.2 Å². The monoisotopic (exact) mass is 522 g/mol. The number of carbonyl (C=O) groups is 1. The van der Waals surface area contributed by atoms with Crippen LogP contribution in [0.2, 0.25) is 0 Å². The van der Waals surface area contributed by atoms with Gasteiger partial charge < -0.3 is 15.1 Å². The highest BCUT2D eigenvalue weighted by molar-refractivity contribution is 9.11. The minimum absolute atomic E-state index is 0.0439. The fourth-order valence-corrected chi connectivity index (χ4v) is 5.03. The maximum atomic E-state index is 14.7. The van der Waals surface area contributed by atoms with Gasteiger partial charge in [0.15, 0.2) is 0 Å². The first-order valence-corrected chi connectivity index (χ1v) is 12.2. The van der Waals surface area contributed by atoms with E-state index in [9.17, 15) is 13.6 Å². The third-order valence-electron chi connectivity index (χ3n) is 6.33. The average Bonchev–Trinajstić information content (AvgIpc) is 3.12. The van der Waals surface area contributed by atoms with Crippen LogP contribution in [0, 0.1) is 11.6 Å². The fourth-order valence-electron chi connectivity index (χ4n) is 4.57. The van der Waals surface area contributed by atoms with Gasteiger partial charge in [0.05, 0.1) is 0 Å². The summed E-state index contributed by atoms with van der Waals surface area (Å²) >= 11 is 3.62. The van der Waals surface area contributed by atoms with E-state index in [2.05, 4.69) is 44.2 Å². The topological polar surface area (TPSA) is 38.8 Å². The zero-order chi connectivity index (χ0) is 24.3.